The van der Waals surface area contributed by atoms with Gasteiger partial charge >= 0.3 is 0 Å². The summed E-state index contributed by atoms with van der Waals surface area (Å²) in [7, 11) is 0. The summed E-state index contributed by atoms with van der Waals surface area (Å²) in [5.41, 5.74) is 2.17. The lowest BCUT2D eigenvalue weighted by molar-refractivity contribution is -0.136. The second-order valence-electron chi connectivity index (χ2n) is 10.6. The first-order valence-electron chi connectivity index (χ1n) is 13.1. The van der Waals surface area contributed by atoms with Gasteiger partial charge in [0.25, 0.3) is 0 Å². The van der Waals surface area contributed by atoms with Crippen LogP contribution >= 0.6 is 0 Å². The Hall–Kier alpha value is -1.98. The van der Waals surface area contributed by atoms with Gasteiger partial charge in [0.1, 0.15) is 11.6 Å². The molecule has 6 nitrogen and oxygen atoms in total. The van der Waals surface area contributed by atoms with E-state index >= 15 is 0 Å². The number of likely N-dealkylation sites (tertiary alicyclic amines) is 1. The number of hydrogen-bond donors (Lipinski definition) is 0. The summed E-state index contributed by atoms with van der Waals surface area (Å²) >= 11 is 0. The van der Waals surface area contributed by atoms with Crippen LogP contribution in [0.15, 0.2) is 0 Å². The molecule has 0 N–H and O–H groups in total. The monoisotopic (exact) mass is 438 g/mol. The number of hydrogen-bond acceptors (Lipinski definition) is 4. The fourth-order valence-corrected chi connectivity index (χ4v) is 6.42. The van der Waals surface area contributed by atoms with Crippen molar-refractivity contribution in [3.05, 3.63) is 17.1 Å². The third kappa shape index (κ3) is 4.42. The number of aromatic nitrogens is 2. The zero-order valence-electron chi connectivity index (χ0n) is 19.7. The van der Waals surface area contributed by atoms with Gasteiger partial charge in [-0.15, -0.1) is 0 Å². The number of carbonyl (C=O) groups is 2. The number of carbonyl (C=O) groups excluding carboxylic acids is 2. The molecule has 3 heterocycles. The Bertz CT molecular complexity index is 858. The Kier molecular flexibility index (Phi) is 6.47. The van der Waals surface area contributed by atoms with Crippen molar-refractivity contribution in [1.82, 2.24) is 14.9 Å². The summed E-state index contributed by atoms with van der Waals surface area (Å²) in [6.07, 6.45) is 14.1. The molecule has 2 saturated carbocycles. The molecule has 0 aromatic carbocycles. The first-order chi connectivity index (χ1) is 15.6. The molecular weight excluding hydrogens is 400 g/mol. The minimum absolute atomic E-state index is 0.173. The number of piperidine rings is 1. The Labute approximate surface area is 192 Å². The predicted octanol–water partition coefficient (Wildman–Crippen LogP) is 4.54. The van der Waals surface area contributed by atoms with E-state index in [-0.39, 0.29) is 17.7 Å². The lowest BCUT2D eigenvalue weighted by atomic mass is 9.88. The molecule has 1 atom stereocenters. The van der Waals surface area contributed by atoms with Crippen LogP contribution in [0.5, 0.6) is 0 Å². The van der Waals surface area contributed by atoms with Gasteiger partial charge in [-0.3, -0.25) is 14.5 Å². The van der Waals surface area contributed by atoms with Crippen molar-refractivity contribution >= 4 is 17.6 Å². The first-order valence-corrected chi connectivity index (χ1v) is 13.1. The van der Waals surface area contributed by atoms with Gasteiger partial charge < -0.3 is 4.90 Å². The highest BCUT2D eigenvalue weighted by Crippen LogP contribution is 2.35. The topological polar surface area (TPSA) is 66.4 Å². The average Bonchev–Trinajstić information content (AvgIpc) is 3.36. The maximum Gasteiger partial charge on any atom is 0.228 e. The van der Waals surface area contributed by atoms with Gasteiger partial charge in [-0.05, 0) is 57.8 Å². The molecule has 6 heteroatoms. The molecule has 174 valence electrons. The fraction of sp³-hybridized carbons (Fsp3) is 0.769. The standard InChI is InChI=1S/C26H38N4O2/c1-18-22-13-14-23(31)30(16-19-8-3-2-4-9-19)25(22)28-24(27-18)21-12-7-15-29(17-21)26(32)20-10-5-6-11-20/h19-21H,2-17H2,1H3/t21-/m1/s1. The number of amides is 2. The van der Waals surface area contributed by atoms with Crippen LogP contribution in [0, 0.1) is 18.8 Å². The number of fused-ring (bicyclic) bond motifs is 1. The maximum absolute atomic E-state index is 13.0. The Morgan fingerprint density at radius 3 is 2.47 bits per heavy atom. The lowest BCUT2D eigenvalue weighted by Crippen LogP contribution is -2.43. The molecule has 0 radical (unpaired) electrons. The molecule has 0 spiro atoms. The molecule has 1 aromatic heterocycles. The van der Waals surface area contributed by atoms with Crippen molar-refractivity contribution in [1.29, 1.82) is 0 Å². The van der Waals surface area contributed by atoms with Crippen LogP contribution in [0.1, 0.15) is 100 Å². The van der Waals surface area contributed by atoms with Crippen molar-refractivity contribution in [2.75, 3.05) is 24.5 Å². The average molecular weight is 439 g/mol. The summed E-state index contributed by atoms with van der Waals surface area (Å²) in [6, 6.07) is 0. The Morgan fingerprint density at radius 2 is 1.69 bits per heavy atom. The Morgan fingerprint density at radius 1 is 0.938 bits per heavy atom. The predicted molar refractivity (Wildman–Crippen MR) is 125 cm³/mol. The lowest BCUT2D eigenvalue weighted by Gasteiger charge is -2.36. The van der Waals surface area contributed by atoms with Crippen molar-refractivity contribution in [3.8, 4) is 0 Å². The van der Waals surface area contributed by atoms with E-state index in [4.69, 9.17) is 9.97 Å². The number of nitrogens with zero attached hydrogens (tertiary/aromatic N) is 4. The third-order valence-corrected chi connectivity index (χ3v) is 8.32. The van der Waals surface area contributed by atoms with Gasteiger partial charge in [0.05, 0.1) is 0 Å². The highest BCUT2D eigenvalue weighted by atomic mass is 16.2. The summed E-state index contributed by atoms with van der Waals surface area (Å²) in [5, 5.41) is 0. The van der Waals surface area contributed by atoms with Crippen molar-refractivity contribution < 1.29 is 9.59 Å². The van der Waals surface area contributed by atoms with E-state index in [1.54, 1.807) is 0 Å². The van der Waals surface area contributed by atoms with E-state index in [0.29, 0.717) is 18.2 Å². The van der Waals surface area contributed by atoms with Crippen molar-refractivity contribution in [2.24, 2.45) is 11.8 Å². The van der Waals surface area contributed by atoms with E-state index in [9.17, 15) is 9.59 Å². The molecule has 1 saturated heterocycles. The minimum atomic E-state index is 0.173. The normalized spacial score (nSPS) is 25.3. The van der Waals surface area contributed by atoms with E-state index in [2.05, 4.69) is 11.8 Å². The number of aryl methyl sites for hydroxylation is 1. The quantitative estimate of drug-likeness (QED) is 0.692. The van der Waals surface area contributed by atoms with Crippen LogP contribution in [-0.2, 0) is 16.0 Å². The van der Waals surface area contributed by atoms with Gasteiger partial charge in [-0.25, -0.2) is 9.97 Å². The SMILES string of the molecule is Cc1nc([C@@H]2CCCN(C(=O)C3CCCC3)C2)nc2c1CCC(=O)N2CC1CCCCC1. The first kappa shape index (κ1) is 21.8. The highest BCUT2D eigenvalue weighted by Gasteiger charge is 2.34. The third-order valence-electron chi connectivity index (χ3n) is 8.32. The Balaban J connectivity index is 1.37. The smallest absolute Gasteiger partial charge is 0.228 e. The molecular formula is C26H38N4O2. The maximum atomic E-state index is 13.0. The van der Waals surface area contributed by atoms with Crippen LogP contribution in [-0.4, -0.2) is 46.3 Å². The van der Waals surface area contributed by atoms with Crippen LogP contribution in [0.3, 0.4) is 0 Å². The molecule has 3 fully saturated rings. The van der Waals surface area contributed by atoms with Gasteiger partial charge in [0.2, 0.25) is 11.8 Å². The van der Waals surface area contributed by atoms with Gasteiger partial charge in [-0.1, -0.05) is 32.1 Å². The molecule has 2 amide bonds. The summed E-state index contributed by atoms with van der Waals surface area (Å²) in [5.74, 6) is 3.26. The largest absolute Gasteiger partial charge is 0.342 e. The molecule has 5 rings (SSSR count). The van der Waals surface area contributed by atoms with Crippen LogP contribution in [0.4, 0.5) is 5.82 Å². The highest BCUT2D eigenvalue weighted by molar-refractivity contribution is 5.95. The molecule has 32 heavy (non-hydrogen) atoms. The molecule has 2 aliphatic heterocycles. The van der Waals surface area contributed by atoms with Gasteiger partial charge in [0.15, 0.2) is 0 Å². The van der Waals surface area contributed by atoms with Crippen LogP contribution in [0.2, 0.25) is 0 Å². The zero-order valence-corrected chi connectivity index (χ0v) is 19.7. The number of anilines is 1. The van der Waals surface area contributed by atoms with Crippen molar-refractivity contribution in [3.63, 3.8) is 0 Å². The summed E-state index contributed by atoms with van der Waals surface area (Å²) < 4.78 is 0. The molecule has 4 aliphatic rings. The number of rotatable bonds is 4. The van der Waals surface area contributed by atoms with Crippen LogP contribution in [0.25, 0.3) is 0 Å². The van der Waals surface area contributed by atoms with Crippen LogP contribution < -0.4 is 4.90 Å². The second kappa shape index (κ2) is 9.48. The van der Waals surface area contributed by atoms with Gasteiger partial charge in [-0.2, -0.15) is 0 Å². The summed E-state index contributed by atoms with van der Waals surface area (Å²) in [4.78, 5) is 40.0. The molecule has 0 bridgehead atoms. The molecule has 1 aromatic rings. The second-order valence-corrected chi connectivity index (χ2v) is 10.6. The zero-order chi connectivity index (χ0) is 22.1. The van der Waals surface area contributed by atoms with Gasteiger partial charge in [0, 0.05) is 49.1 Å². The van der Waals surface area contributed by atoms with E-state index in [1.807, 2.05) is 4.90 Å². The molecule has 0 unspecified atom stereocenters. The minimum Gasteiger partial charge on any atom is -0.342 e. The van der Waals surface area contributed by atoms with E-state index in [0.717, 1.165) is 74.6 Å². The fourth-order valence-electron chi connectivity index (χ4n) is 6.42. The van der Waals surface area contributed by atoms with Crippen molar-refractivity contribution in [2.45, 2.75) is 96.3 Å². The molecule has 2 aliphatic carbocycles. The van der Waals surface area contributed by atoms with E-state index < -0.39 is 0 Å². The summed E-state index contributed by atoms with van der Waals surface area (Å²) in [6.45, 7) is 4.47. The van der Waals surface area contributed by atoms with E-state index in [1.165, 1.54) is 44.9 Å².